The third kappa shape index (κ3) is 13.2. The van der Waals surface area contributed by atoms with Crippen LogP contribution in [0.5, 0.6) is 0 Å². The Morgan fingerprint density at radius 1 is 1.04 bits per heavy atom. The van der Waals surface area contributed by atoms with E-state index in [1.54, 1.807) is 6.92 Å². The molecule has 0 saturated heterocycles. The molecule has 0 heterocycles. The van der Waals surface area contributed by atoms with Crippen LogP contribution in [0.2, 0.25) is 0 Å². The quantitative estimate of drug-likeness (QED) is 0.150. The lowest BCUT2D eigenvalue weighted by Gasteiger charge is -2.18. The van der Waals surface area contributed by atoms with Crippen LogP contribution in [-0.4, -0.2) is 71.0 Å². The van der Waals surface area contributed by atoms with E-state index < -0.39 is 18.3 Å². The van der Waals surface area contributed by atoms with E-state index in [9.17, 15) is 14.4 Å². The summed E-state index contributed by atoms with van der Waals surface area (Å²) >= 11 is 0. The number of carbonyl (C=O) groups excluding carboxylic acids is 3. The molecule has 1 atom stereocenters. The van der Waals surface area contributed by atoms with E-state index in [-0.39, 0.29) is 45.0 Å². The van der Waals surface area contributed by atoms with Crippen LogP contribution in [0.1, 0.15) is 19.8 Å². The fraction of sp³-hybridized carbons (Fsp3) is 0.786. The van der Waals surface area contributed by atoms with Gasteiger partial charge >= 0.3 is 12.2 Å². The summed E-state index contributed by atoms with van der Waals surface area (Å²) in [6, 6.07) is 0. The maximum Gasteiger partial charge on any atom is 0.406 e. The van der Waals surface area contributed by atoms with Gasteiger partial charge in [-0.25, -0.2) is 15.5 Å². The molecule has 26 heavy (non-hydrogen) atoms. The lowest BCUT2D eigenvalue weighted by atomic mass is 10.3. The number of nitrogens with one attached hydrogen (secondary N) is 4. The summed E-state index contributed by atoms with van der Waals surface area (Å²) in [5.74, 6) is 4.78. The molecule has 1 unspecified atom stereocenters. The highest BCUT2D eigenvalue weighted by atomic mass is 16.6. The minimum Gasteiger partial charge on any atom is -0.447 e. The summed E-state index contributed by atoms with van der Waals surface area (Å²) in [5.41, 5.74) is 0. The summed E-state index contributed by atoms with van der Waals surface area (Å²) < 4.78 is 15.3. The number of rotatable bonds is 13. The van der Waals surface area contributed by atoms with Gasteiger partial charge in [0, 0.05) is 27.1 Å². The van der Waals surface area contributed by atoms with Gasteiger partial charge in [-0.2, -0.15) is 0 Å². The average Bonchev–Trinajstić information content (AvgIpc) is 2.65. The van der Waals surface area contributed by atoms with E-state index in [2.05, 4.69) is 26.1 Å². The van der Waals surface area contributed by atoms with Crippen LogP contribution >= 0.6 is 0 Å². The highest BCUT2D eigenvalue weighted by molar-refractivity contribution is 5.75. The molecule has 12 heteroatoms. The van der Waals surface area contributed by atoms with Crippen molar-refractivity contribution in [2.24, 2.45) is 5.90 Å². The second kappa shape index (κ2) is 15.1. The second-order valence-electron chi connectivity index (χ2n) is 5.05. The van der Waals surface area contributed by atoms with E-state index in [4.69, 9.17) is 20.1 Å². The first-order valence-corrected chi connectivity index (χ1v) is 8.09. The van der Waals surface area contributed by atoms with E-state index in [0.717, 1.165) is 0 Å². The Morgan fingerprint density at radius 2 is 1.62 bits per heavy atom. The zero-order valence-electron chi connectivity index (χ0n) is 15.3. The molecule has 152 valence electrons. The SMILES string of the molecule is CNC(=O)OCC(COC(=O)NC)OCCCC(=O)NCNC(C)ON. The fourth-order valence-corrected chi connectivity index (χ4v) is 1.54. The molecular formula is C14H29N5O7. The summed E-state index contributed by atoms with van der Waals surface area (Å²) in [4.78, 5) is 38.4. The first-order chi connectivity index (χ1) is 12.4. The molecule has 0 radical (unpaired) electrons. The van der Waals surface area contributed by atoms with Crippen molar-refractivity contribution in [1.29, 1.82) is 0 Å². The summed E-state index contributed by atoms with van der Waals surface area (Å²) in [5, 5.41) is 10.0. The number of hydrogen-bond acceptors (Lipinski definition) is 9. The number of ether oxygens (including phenoxy) is 3. The van der Waals surface area contributed by atoms with Gasteiger partial charge in [0.05, 0.1) is 6.67 Å². The van der Waals surface area contributed by atoms with Gasteiger partial charge < -0.3 is 30.2 Å². The number of alkyl carbamates (subject to hydrolysis) is 2. The topological polar surface area (TPSA) is 162 Å². The number of hydrogen-bond donors (Lipinski definition) is 5. The lowest BCUT2D eigenvalue weighted by molar-refractivity contribution is -0.122. The molecule has 0 aromatic carbocycles. The van der Waals surface area contributed by atoms with Crippen molar-refractivity contribution in [2.45, 2.75) is 32.1 Å². The molecule has 0 spiro atoms. The minimum absolute atomic E-state index is 0.0935. The number of carbonyl (C=O) groups is 3. The van der Waals surface area contributed by atoms with Gasteiger partial charge in [-0.05, 0) is 13.3 Å². The van der Waals surface area contributed by atoms with Gasteiger partial charge in [-0.15, -0.1) is 0 Å². The maximum atomic E-state index is 11.6. The standard InChI is InChI=1S/C14H29N5O7/c1-10(26-15)18-9-19-12(20)5-4-6-23-11(7-24-13(21)16-2)8-25-14(22)17-3/h10-11,18H,4-9,15H2,1-3H3,(H,16,21)(H,17,22)(H,19,20). The van der Waals surface area contributed by atoms with Crippen LogP contribution in [0.15, 0.2) is 0 Å². The Hall–Kier alpha value is -2.15. The molecule has 0 fully saturated rings. The van der Waals surface area contributed by atoms with Crippen LogP contribution in [0.3, 0.4) is 0 Å². The predicted octanol–water partition coefficient (Wildman–Crippen LogP) is -1.24. The largest absolute Gasteiger partial charge is 0.447 e. The molecule has 0 aromatic rings. The monoisotopic (exact) mass is 379 g/mol. The molecule has 0 aliphatic heterocycles. The Bertz CT molecular complexity index is 404. The van der Waals surface area contributed by atoms with Crippen molar-refractivity contribution in [3.8, 4) is 0 Å². The van der Waals surface area contributed by atoms with Crippen molar-refractivity contribution in [3.63, 3.8) is 0 Å². The molecular weight excluding hydrogens is 350 g/mol. The molecule has 0 saturated carbocycles. The lowest BCUT2D eigenvalue weighted by Crippen LogP contribution is -2.40. The van der Waals surface area contributed by atoms with Crippen molar-refractivity contribution in [3.05, 3.63) is 0 Å². The predicted molar refractivity (Wildman–Crippen MR) is 90.7 cm³/mol. The third-order valence-corrected chi connectivity index (χ3v) is 2.99. The van der Waals surface area contributed by atoms with Crippen molar-refractivity contribution < 1.29 is 33.4 Å². The molecule has 0 aliphatic rings. The highest BCUT2D eigenvalue weighted by Crippen LogP contribution is 2.00. The smallest absolute Gasteiger partial charge is 0.406 e. The molecule has 0 rings (SSSR count). The maximum absolute atomic E-state index is 11.6. The fourth-order valence-electron chi connectivity index (χ4n) is 1.54. The van der Waals surface area contributed by atoms with Gasteiger partial charge in [-0.3, -0.25) is 14.9 Å². The van der Waals surface area contributed by atoms with Crippen LogP contribution in [-0.2, 0) is 23.8 Å². The molecule has 3 amide bonds. The van der Waals surface area contributed by atoms with Gasteiger partial charge in [0.2, 0.25) is 5.91 Å². The molecule has 6 N–H and O–H groups in total. The van der Waals surface area contributed by atoms with E-state index in [1.807, 2.05) is 0 Å². The van der Waals surface area contributed by atoms with Gasteiger partial charge in [-0.1, -0.05) is 0 Å². The Labute approximate surface area is 152 Å². The van der Waals surface area contributed by atoms with Gasteiger partial charge in [0.15, 0.2) is 0 Å². The van der Waals surface area contributed by atoms with Crippen LogP contribution in [0.25, 0.3) is 0 Å². The van der Waals surface area contributed by atoms with Gasteiger partial charge in [0.1, 0.15) is 25.5 Å². The van der Waals surface area contributed by atoms with Crippen LogP contribution < -0.4 is 27.2 Å². The van der Waals surface area contributed by atoms with E-state index >= 15 is 0 Å². The Morgan fingerprint density at radius 3 is 2.12 bits per heavy atom. The summed E-state index contributed by atoms with van der Waals surface area (Å²) in [6.07, 6.45) is -1.59. The minimum atomic E-state index is -0.642. The van der Waals surface area contributed by atoms with Crippen molar-refractivity contribution in [1.82, 2.24) is 21.3 Å². The van der Waals surface area contributed by atoms with E-state index in [0.29, 0.717) is 6.42 Å². The second-order valence-corrected chi connectivity index (χ2v) is 5.05. The zero-order valence-corrected chi connectivity index (χ0v) is 15.3. The van der Waals surface area contributed by atoms with Crippen LogP contribution in [0, 0.1) is 0 Å². The molecule has 12 nitrogen and oxygen atoms in total. The first-order valence-electron chi connectivity index (χ1n) is 8.09. The number of amides is 3. The van der Waals surface area contributed by atoms with E-state index in [1.165, 1.54) is 14.1 Å². The summed E-state index contributed by atoms with van der Waals surface area (Å²) in [7, 11) is 2.85. The van der Waals surface area contributed by atoms with Crippen LogP contribution in [0.4, 0.5) is 9.59 Å². The van der Waals surface area contributed by atoms with Gasteiger partial charge in [0.25, 0.3) is 0 Å². The Kier molecular flexibility index (Phi) is 13.9. The first kappa shape index (κ1) is 23.9. The normalized spacial score (nSPS) is 11.6. The molecule has 0 aliphatic carbocycles. The molecule has 0 aromatic heterocycles. The van der Waals surface area contributed by atoms with Crippen molar-refractivity contribution in [2.75, 3.05) is 40.6 Å². The van der Waals surface area contributed by atoms with Crippen molar-refractivity contribution >= 4 is 18.1 Å². The zero-order chi connectivity index (χ0) is 19.8. The summed E-state index contributed by atoms with van der Waals surface area (Å²) in [6.45, 7) is 1.96. The molecule has 0 bridgehead atoms. The third-order valence-electron chi connectivity index (χ3n) is 2.99. The average molecular weight is 379 g/mol. The Balaban J connectivity index is 4.03. The number of nitrogens with two attached hydrogens (primary N) is 1. The highest BCUT2D eigenvalue weighted by Gasteiger charge is 2.15.